The lowest BCUT2D eigenvalue weighted by Crippen LogP contribution is -2.36. The van der Waals surface area contributed by atoms with Crippen molar-refractivity contribution in [3.63, 3.8) is 0 Å². The van der Waals surface area contributed by atoms with Crippen molar-refractivity contribution in [2.45, 2.75) is 11.3 Å². The lowest BCUT2D eigenvalue weighted by molar-refractivity contribution is -0.121. The van der Waals surface area contributed by atoms with Gasteiger partial charge in [-0.05, 0) is 30.3 Å². The van der Waals surface area contributed by atoms with E-state index in [4.69, 9.17) is 10.00 Å². The van der Waals surface area contributed by atoms with Crippen molar-refractivity contribution in [3.8, 4) is 6.07 Å². The quantitative estimate of drug-likeness (QED) is 0.731. The summed E-state index contributed by atoms with van der Waals surface area (Å²) in [6.07, 6.45) is -0.00376. The number of fused-ring (bicyclic) bond motifs is 1. The number of para-hydroxylation sites is 1. The van der Waals surface area contributed by atoms with Crippen LogP contribution in [-0.4, -0.2) is 36.7 Å². The fourth-order valence-electron chi connectivity index (χ4n) is 2.71. The third kappa shape index (κ3) is 4.92. The van der Waals surface area contributed by atoms with Gasteiger partial charge in [-0.15, -0.1) is 11.8 Å². The van der Waals surface area contributed by atoms with Crippen LogP contribution in [0, 0.1) is 17.1 Å². The van der Waals surface area contributed by atoms with Gasteiger partial charge in [-0.25, -0.2) is 9.18 Å². The average molecular weight is 413 g/mol. The Morgan fingerprint density at radius 1 is 1.28 bits per heavy atom. The number of benzene rings is 2. The molecule has 2 aromatic carbocycles. The highest BCUT2D eigenvalue weighted by Crippen LogP contribution is 2.32. The van der Waals surface area contributed by atoms with Crippen LogP contribution < -0.4 is 10.2 Å². The Hall–Kier alpha value is -3.38. The van der Waals surface area contributed by atoms with Gasteiger partial charge in [-0.1, -0.05) is 12.1 Å². The number of carbonyl (C=O) groups is 3. The summed E-state index contributed by atoms with van der Waals surface area (Å²) in [4.78, 5) is 38.2. The number of hydrogen-bond donors (Lipinski definition) is 1. The molecule has 0 bridgehead atoms. The van der Waals surface area contributed by atoms with E-state index in [1.54, 1.807) is 18.2 Å². The maximum Gasteiger partial charge on any atom is 0.338 e. The second-order valence-electron chi connectivity index (χ2n) is 6.03. The molecule has 1 heterocycles. The van der Waals surface area contributed by atoms with Gasteiger partial charge in [0.25, 0.3) is 5.91 Å². The minimum absolute atomic E-state index is 0.00376. The van der Waals surface area contributed by atoms with Crippen molar-refractivity contribution in [2.75, 3.05) is 29.1 Å². The third-order valence-electron chi connectivity index (χ3n) is 4.07. The number of rotatable bonds is 6. The molecule has 7 nitrogen and oxygen atoms in total. The molecular formula is C20H16FN3O4S. The number of nitrogens with zero attached hydrogens (tertiary/aromatic N) is 2. The maximum absolute atomic E-state index is 14.1. The molecule has 0 radical (unpaired) electrons. The predicted octanol–water partition coefficient (Wildman–Crippen LogP) is 2.97. The zero-order chi connectivity index (χ0) is 20.8. The number of amides is 2. The minimum Gasteiger partial charge on any atom is -0.452 e. The van der Waals surface area contributed by atoms with Crippen LogP contribution in [0.3, 0.4) is 0 Å². The fraction of sp³-hybridized carbons (Fsp3) is 0.200. The number of ether oxygens (including phenoxy) is 1. The van der Waals surface area contributed by atoms with Crippen molar-refractivity contribution in [1.29, 1.82) is 5.26 Å². The Labute approximate surface area is 170 Å². The molecule has 3 rings (SSSR count). The molecule has 0 fully saturated rings. The molecule has 0 unspecified atom stereocenters. The summed E-state index contributed by atoms with van der Waals surface area (Å²) in [5.74, 6) is -1.88. The summed E-state index contributed by atoms with van der Waals surface area (Å²) in [6, 6.07) is 12.3. The number of anilines is 2. The van der Waals surface area contributed by atoms with Gasteiger partial charge in [0.1, 0.15) is 5.82 Å². The summed E-state index contributed by atoms with van der Waals surface area (Å²) in [7, 11) is 0. The van der Waals surface area contributed by atoms with Crippen molar-refractivity contribution < 1.29 is 23.5 Å². The van der Waals surface area contributed by atoms with Gasteiger partial charge in [-0.3, -0.25) is 9.59 Å². The second-order valence-corrected chi connectivity index (χ2v) is 7.05. The van der Waals surface area contributed by atoms with Crippen LogP contribution in [-0.2, 0) is 14.3 Å². The molecular weight excluding hydrogens is 397 g/mol. The standard InChI is InChI=1S/C20H16FN3O4S/c21-14-4-1-2-5-16(14)24(9-3-8-22)19(26)11-28-20(27)13-6-7-17-15(10-13)23-18(25)12-29-17/h1-2,4-7,10H,3,9,11-12H2,(H,23,25). The molecule has 1 aliphatic heterocycles. The van der Waals surface area contributed by atoms with E-state index in [1.165, 1.54) is 36.0 Å². The van der Waals surface area contributed by atoms with Gasteiger partial charge < -0.3 is 15.0 Å². The van der Waals surface area contributed by atoms with E-state index < -0.39 is 24.3 Å². The molecule has 148 valence electrons. The first-order valence-corrected chi connectivity index (χ1v) is 9.64. The van der Waals surface area contributed by atoms with Gasteiger partial charge >= 0.3 is 5.97 Å². The first-order chi connectivity index (χ1) is 14.0. The van der Waals surface area contributed by atoms with E-state index in [1.807, 2.05) is 6.07 Å². The van der Waals surface area contributed by atoms with Crippen molar-refractivity contribution in [3.05, 3.63) is 53.8 Å². The van der Waals surface area contributed by atoms with E-state index in [-0.39, 0.29) is 30.1 Å². The third-order valence-corrected chi connectivity index (χ3v) is 5.14. The molecule has 9 heteroatoms. The summed E-state index contributed by atoms with van der Waals surface area (Å²) < 4.78 is 19.1. The highest BCUT2D eigenvalue weighted by Gasteiger charge is 2.22. The normalized spacial score (nSPS) is 12.3. The summed E-state index contributed by atoms with van der Waals surface area (Å²) >= 11 is 1.36. The smallest absolute Gasteiger partial charge is 0.338 e. The monoisotopic (exact) mass is 413 g/mol. The highest BCUT2D eigenvalue weighted by molar-refractivity contribution is 8.00. The number of carbonyl (C=O) groups excluding carboxylic acids is 3. The molecule has 2 amide bonds. The number of halogens is 1. The molecule has 0 atom stereocenters. The lowest BCUT2D eigenvalue weighted by Gasteiger charge is -2.22. The number of nitrogens with one attached hydrogen (secondary N) is 1. The lowest BCUT2D eigenvalue weighted by atomic mass is 10.2. The highest BCUT2D eigenvalue weighted by atomic mass is 32.2. The largest absolute Gasteiger partial charge is 0.452 e. The molecule has 29 heavy (non-hydrogen) atoms. The number of hydrogen-bond acceptors (Lipinski definition) is 6. The fourth-order valence-corrected chi connectivity index (χ4v) is 3.50. The van der Waals surface area contributed by atoms with Crippen LogP contribution in [0.1, 0.15) is 16.8 Å². The molecule has 1 N–H and O–H groups in total. The Kier molecular flexibility index (Phi) is 6.46. The minimum atomic E-state index is -0.750. The van der Waals surface area contributed by atoms with Gasteiger partial charge in [0, 0.05) is 11.4 Å². The van der Waals surface area contributed by atoms with E-state index >= 15 is 0 Å². The Morgan fingerprint density at radius 3 is 2.83 bits per heavy atom. The summed E-state index contributed by atoms with van der Waals surface area (Å²) in [5, 5.41) is 11.5. The van der Waals surface area contributed by atoms with Crippen LogP contribution in [0.2, 0.25) is 0 Å². The van der Waals surface area contributed by atoms with Crippen molar-refractivity contribution in [2.24, 2.45) is 0 Å². The van der Waals surface area contributed by atoms with E-state index in [0.29, 0.717) is 11.4 Å². The molecule has 0 saturated heterocycles. The van der Waals surface area contributed by atoms with Crippen LogP contribution in [0.15, 0.2) is 47.4 Å². The average Bonchev–Trinajstić information content (AvgIpc) is 2.72. The van der Waals surface area contributed by atoms with Crippen LogP contribution in [0.4, 0.5) is 15.8 Å². The van der Waals surface area contributed by atoms with Crippen molar-refractivity contribution in [1.82, 2.24) is 0 Å². The van der Waals surface area contributed by atoms with E-state index in [9.17, 15) is 18.8 Å². The Bertz CT molecular complexity index is 1010. The number of esters is 1. The van der Waals surface area contributed by atoms with Crippen LogP contribution in [0.25, 0.3) is 0 Å². The van der Waals surface area contributed by atoms with Crippen molar-refractivity contribution >= 4 is 40.9 Å². The van der Waals surface area contributed by atoms with E-state index in [2.05, 4.69) is 5.32 Å². The summed E-state index contributed by atoms with van der Waals surface area (Å²) in [6.45, 7) is -0.646. The first-order valence-electron chi connectivity index (χ1n) is 8.65. The Balaban J connectivity index is 1.69. The zero-order valence-corrected chi connectivity index (χ0v) is 16.0. The Morgan fingerprint density at radius 2 is 2.07 bits per heavy atom. The molecule has 0 aromatic heterocycles. The van der Waals surface area contributed by atoms with E-state index in [0.717, 1.165) is 9.80 Å². The summed E-state index contributed by atoms with van der Waals surface area (Å²) in [5.41, 5.74) is 0.695. The molecule has 0 saturated carbocycles. The second kappa shape index (κ2) is 9.21. The molecule has 0 spiro atoms. The van der Waals surface area contributed by atoms with Gasteiger partial charge in [0.05, 0.1) is 35.2 Å². The van der Waals surface area contributed by atoms with Crippen LogP contribution >= 0.6 is 11.8 Å². The molecule has 1 aliphatic rings. The van der Waals surface area contributed by atoms with Gasteiger partial charge in [-0.2, -0.15) is 5.26 Å². The van der Waals surface area contributed by atoms with Crippen LogP contribution in [0.5, 0.6) is 0 Å². The SMILES string of the molecule is N#CCCN(C(=O)COC(=O)c1ccc2c(c1)NC(=O)CS2)c1ccccc1F. The van der Waals surface area contributed by atoms with Gasteiger partial charge in [0.15, 0.2) is 6.61 Å². The van der Waals surface area contributed by atoms with Gasteiger partial charge in [0.2, 0.25) is 5.91 Å². The first kappa shape index (κ1) is 20.4. The number of nitriles is 1. The molecule has 0 aliphatic carbocycles. The maximum atomic E-state index is 14.1. The zero-order valence-electron chi connectivity index (χ0n) is 15.2. The number of thioether (sulfide) groups is 1. The topological polar surface area (TPSA) is 99.5 Å². The molecule has 2 aromatic rings. The predicted molar refractivity (Wildman–Crippen MR) is 105 cm³/mol.